The van der Waals surface area contributed by atoms with Crippen LogP contribution in [0.1, 0.15) is 0 Å². The Morgan fingerprint density at radius 2 is 2.25 bits per heavy atom. The lowest BCUT2D eigenvalue weighted by Crippen LogP contribution is -2.10. The number of hydrogen-bond donors (Lipinski definition) is 0. The van der Waals surface area contributed by atoms with E-state index in [-0.39, 0.29) is 5.56 Å². The summed E-state index contributed by atoms with van der Waals surface area (Å²) in [6.07, 6.45) is 0. The van der Waals surface area contributed by atoms with Gasteiger partial charge < -0.3 is 0 Å². The molecule has 0 N–H and O–H groups in total. The first-order valence-electron chi connectivity index (χ1n) is 4.34. The number of benzene rings is 1. The molecule has 0 aliphatic heterocycles. The molecule has 0 fully saturated rings. The van der Waals surface area contributed by atoms with Crippen LogP contribution < -0.4 is 5.56 Å². The third-order valence-electron chi connectivity index (χ3n) is 2.07. The fraction of sp³-hybridized carbons (Fsp3) is 0. The smallest absolute Gasteiger partial charge is 0.267 e. The highest BCUT2D eigenvalue weighted by Crippen LogP contribution is 2.21. The van der Waals surface area contributed by atoms with Crippen LogP contribution in [0.5, 0.6) is 0 Å². The first kappa shape index (κ1) is 9.61. The fourth-order valence-electron chi connectivity index (χ4n) is 1.38. The van der Waals surface area contributed by atoms with Crippen molar-refractivity contribution in [2.45, 2.75) is 0 Å². The number of halogens is 1. The molecule has 2 aromatic heterocycles. The van der Waals surface area contributed by atoms with Crippen LogP contribution in [-0.4, -0.2) is 14.2 Å². The van der Waals surface area contributed by atoms with Crippen LogP contribution >= 0.6 is 22.9 Å². The molecule has 7 heteroatoms. The van der Waals surface area contributed by atoms with Gasteiger partial charge in [0.05, 0.1) is 10.1 Å². The van der Waals surface area contributed by atoms with Gasteiger partial charge in [-0.3, -0.25) is 4.79 Å². The zero-order chi connectivity index (χ0) is 11.1. The van der Waals surface area contributed by atoms with Gasteiger partial charge in [0.15, 0.2) is 0 Å². The van der Waals surface area contributed by atoms with Crippen molar-refractivity contribution in [3.05, 3.63) is 39.9 Å². The minimum absolute atomic E-state index is 0.253. The highest BCUT2D eigenvalue weighted by molar-refractivity contribution is 7.17. The van der Waals surface area contributed by atoms with Crippen LogP contribution in [0.15, 0.2) is 28.5 Å². The first-order valence-corrected chi connectivity index (χ1v) is 5.99. The van der Waals surface area contributed by atoms with Gasteiger partial charge in [-0.05, 0) is 29.7 Å². The minimum Gasteiger partial charge on any atom is -0.267 e. The Hall–Kier alpha value is -1.60. The Balaban J connectivity index is 2.36. The number of rotatable bonds is 1. The van der Waals surface area contributed by atoms with Crippen molar-refractivity contribution in [1.29, 1.82) is 0 Å². The van der Waals surface area contributed by atoms with E-state index >= 15 is 0 Å². The molecule has 0 spiro atoms. The number of fused-ring (bicyclic) bond motifs is 1. The minimum atomic E-state index is -0.410. The van der Waals surface area contributed by atoms with Crippen molar-refractivity contribution in [2.75, 3.05) is 0 Å². The maximum Gasteiger partial charge on any atom is 0.275 e. The molecule has 0 bridgehead atoms. The summed E-state index contributed by atoms with van der Waals surface area (Å²) in [5.74, 6) is -0.410. The molecule has 0 atom stereocenters. The van der Waals surface area contributed by atoms with Crippen LogP contribution in [0.3, 0.4) is 0 Å². The Labute approximate surface area is 96.8 Å². The number of nitrogens with zero attached hydrogens (tertiary/aromatic N) is 3. The molecule has 1 aromatic carbocycles. The average molecular weight is 253 g/mol. The number of hydrogen-bond acceptors (Lipinski definition) is 5. The van der Waals surface area contributed by atoms with Crippen molar-refractivity contribution >= 4 is 33.0 Å². The first-order chi connectivity index (χ1) is 7.75. The van der Waals surface area contributed by atoms with Gasteiger partial charge in [0.1, 0.15) is 11.3 Å². The molecule has 0 saturated heterocycles. The van der Waals surface area contributed by atoms with Gasteiger partial charge in [-0.25, -0.2) is 8.35 Å². The lowest BCUT2D eigenvalue weighted by Gasteiger charge is -1.88. The summed E-state index contributed by atoms with van der Waals surface area (Å²) in [6, 6.07) is 4.17. The summed E-state index contributed by atoms with van der Waals surface area (Å²) in [7, 11) is 0. The van der Waals surface area contributed by atoms with Gasteiger partial charge in [0.2, 0.25) is 5.13 Å². The van der Waals surface area contributed by atoms with Crippen molar-refractivity contribution in [1.82, 2.24) is 14.2 Å². The van der Waals surface area contributed by atoms with Gasteiger partial charge in [0, 0.05) is 0 Å². The van der Waals surface area contributed by atoms with E-state index in [1.54, 1.807) is 11.6 Å². The molecular weight excluding hydrogens is 249 g/mol. The maximum absolute atomic E-state index is 13.0. The standard InChI is InChI=1S/C9H4FN3OS2/c10-5-1-2-7-6(3-5)8(14)13(16-7)9-12-11-4-15-9/h1-4H. The van der Waals surface area contributed by atoms with Gasteiger partial charge in [-0.15, -0.1) is 10.2 Å². The summed E-state index contributed by atoms with van der Waals surface area (Å²) in [6.45, 7) is 0. The van der Waals surface area contributed by atoms with Gasteiger partial charge in [0.25, 0.3) is 5.56 Å². The zero-order valence-corrected chi connectivity index (χ0v) is 9.39. The lowest BCUT2D eigenvalue weighted by molar-refractivity contribution is 0.629. The van der Waals surface area contributed by atoms with Crippen LogP contribution in [-0.2, 0) is 0 Å². The molecule has 3 aromatic rings. The Morgan fingerprint density at radius 3 is 3.00 bits per heavy atom. The van der Waals surface area contributed by atoms with Crippen molar-refractivity contribution in [2.24, 2.45) is 0 Å². The van der Waals surface area contributed by atoms with Gasteiger partial charge in [-0.2, -0.15) is 0 Å². The molecule has 0 unspecified atom stereocenters. The molecule has 3 rings (SSSR count). The molecule has 0 saturated carbocycles. The predicted molar refractivity (Wildman–Crippen MR) is 60.8 cm³/mol. The van der Waals surface area contributed by atoms with Crippen LogP contribution in [0.2, 0.25) is 0 Å². The van der Waals surface area contributed by atoms with E-state index in [0.717, 1.165) is 4.70 Å². The predicted octanol–water partition coefficient (Wildman–Crippen LogP) is 2.04. The van der Waals surface area contributed by atoms with E-state index in [0.29, 0.717) is 10.5 Å². The average Bonchev–Trinajstić information content (AvgIpc) is 2.87. The molecule has 80 valence electrons. The third-order valence-corrected chi connectivity index (χ3v) is 3.93. The maximum atomic E-state index is 13.0. The summed E-state index contributed by atoms with van der Waals surface area (Å²) in [4.78, 5) is 11.9. The second-order valence-electron chi connectivity index (χ2n) is 3.05. The van der Waals surface area contributed by atoms with E-state index < -0.39 is 5.82 Å². The van der Waals surface area contributed by atoms with E-state index in [9.17, 15) is 9.18 Å². The molecule has 0 radical (unpaired) electrons. The third kappa shape index (κ3) is 1.36. The second-order valence-corrected chi connectivity index (χ2v) is 4.85. The molecule has 4 nitrogen and oxygen atoms in total. The lowest BCUT2D eigenvalue weighted by atomic mass is 10.3. The Kier molecular flexibility index (Phi) is 2.08. The van der Waals surface area contributed by atoms with Crippen LogP contribution in [0.25, 0.3) is 15.2 Å². The molecule has 2 heterocycles. The largest absolute Gasteiger partial charge is 0.275 e. The summed E-state index contributed by atoms with van der Waals surface area (Å²) >= 11 is 2.50. The van der Waals surface area contributed by atoms with E-state index in [1.165, 1.54) is 39.0 Å². The van der Waals surface area contributed by atoms with E-state index in [1.807, 2.05) is 0 Å². The van der Waals surface area contributed by atoms with Gasteiger partial charge in [-0.1, -0.05) is 11.3 Å². The Bertz CT molecular complexity index is 701. The molecule has 0 aliphatic carbocycles. The number of aromatic nitrogens is 3. The molecular formula is C9H4FN3OS2. The SMILES string of the molecule is O=c1c2cc(F)ccc2sn1-c1nncs1. The fourth-order valence-corrected chi connectivity index (χ4v) is 2.95. The van der Waals surface area contributed by atoms with Crippen molar-refractivity contribution in [3.63, 3.8) is 0 Å². The van der Waals surface area contributed by atoms with Crippen LogP contribution in [0.4, 0.5) is 4.39 Å². The second kappa shape index (κ2) is 3.46. The van der Waals surface area contributed by atoms with E-state index in [4.69, 9.17) is 0 Å². The van der Waals surface area contributed by atoms with Gasteiger partial charge >= 0.3 is 0 Å². The highest BCUT2D eigenvalue weighted by atomic mass is 32.1. The van der Waals surface area contributed by atoms with Crippen molar-refractivity contribution < 1.29 is 4.39 Å². The topological polar surface area (TPSA) is 47.8 Å². The summed E-state index contributed by atoms with van der Waals surface area (Å²) in [5.41, 5.74) is 1.29. The quantitative estimate of drug-likeness (QED) is 0.666. The van der Waals surface area contributed by atoms with E-state index in [2.05, 4.69) is 10.2 Å². The van der Waals surface area contributed by atoms with Crippen molar-refractivity contribution in [3.8, 4) is 5.13 Å². The molecule has 16 heavy (non-hydrogen) atoms. The molecule has 0 amide bonds. The normalized spacial score (nSPS) is 11.1. The molecule has 0 aliphatic rings. The summed E-state index contributed by atoms with van der Waals surface area (Å²) in [5, 5.41) is 8.36. The summed E-state index contributed by atoms with van der Waals surface area (Å²) < 4.78 is 15.2. The highest BCUT2D eigenvalue weighted by Gasteiger charge is 2.11. The Morgan fingerprint density at radius 1 is 1.38 bits per heavy atom. The monoisotopic (exact) mass is 253 g/mol. The van der Waals surface area contributed by atoms with Crippen LogP contribution in [0, 0.1) is 5.82 Å². The zero-order valence-electron chi connectivity index (χ0n) is 7.75.